The molecule has 1 fully saturated rings. The van der Waals surface area contributed by atoms with Crippen LogP contribution in [0.2, 0.25) is 0 Å². The molecule has 4 amide bonds. The number of rotatable bonds is 3. The molecule has 3 aromatic rings. The van der Waals surface area contributed by atoms with E-state index in [1.54, 1.807) is 0 Å². The van der Waals surface area contributed by atoms with Crippen molar-refractivity contribution in [2.75, 3.05) is 4.90 Å². The third-order valence-corrected chi connectivity index (χ3v) is 6.11. The summed E-state index contributed by atoms with van der Waals surface area (Å²) in [6, 6.07) is 13.7. The summed E-state index contributed by atoms with van der Waals surface area (Å²) in [5.74, 6) is -2.07. The minimum absolute atomic E-state index is 0.163. The molecule has 0 aliphatic carbocycles. The van der Waals surface area contributed by atoms with E-state index >= 15 is 0 Å². The van der Waals surface area contributed by atoms with E-state index in [4.69, 9.17) is 0 Å². The van der Waals surface area contributed by atoms with Gasteiger partial charge in [0.2, 0.25) is 0 Å². The first-order valence-electron chi connectivity index (χ1n) is 9.39. The summed E-state index contributed by atoms with van der Waals surface area (Å²) >= 11 is 3.57. The van der Waals surface area contributed by atoms with Crippen molar-refractivity contribution in [1.29, 1.82) is 0 Å². The van der Waals surface area contributed by atoms with E-state index in [9.17, 15) is 18.8 Å². The van der Waals surface area contributed by atoms with Gasteiger partial charge in [0.15, 0.2) is 0 Å². The average molecular weight is 482 g/mol. The number of urea groups is 1. The lowest BCUT2D eigenvalue weighted by Crippen LogP contribution is -2.54. The van der Waals surface area contributed by atoms with Crippen molar-refractivity contribution in [3.05, 3.63) is 87.4 Å². The van der Waals surface area contributed by atoms with Crippen LogP contribution in [-0.2, 0) is 9.59 Å². The largest absolute Gasteiger partial charge is 0.335 e. The number of hydrogen-bond donors (Lipinski definition) is 1. The quantitative estimate of drug-likeness (QED) is 0.436. The van der Waals surface area contributed by atoms with Gasteiger partial charge in [0.25, 0.3) is 11.8 Å². The number of carbonyl (C=O) groups excluding carboxylic acids is 3. The van der Waals surface area contributed by atoms with Crippen LogP contribution in [0.4, 0.5) is 14.9 Å². The van der Waals surface area contributed by atoms with Crippen molar-refractivity contribution >= 4 is 45.5 Å². The molecule has 1 N–H and O–H groups in total. The van der Waals surface area contributed by atoms with Gasteiger partial charge in [-0.3, -0.25) is 14.9 Å². The topological polar surface area (TPSA) is 71.4 Å². The van der Waals surface area contributed by atoms with Crippen molar-refractivity contribution in [2.24, 2.45) is 0 Å². The van der Waals surface area contributed by atoms with Crippen LogP contribution in [0.1, 0.15) is 17.0 Å². The molecular formula is C23H17BrFN3O3. The highest BCUT2D eigenvalue weighted by Gasteiger charge is 2.37. The van der Waals surface area contributed by atoms with Gasteiger partial charge < -0.3 is 4.57 Å². The summed E-state index contributed by atoms with van der Waals surface area (Å²) in [6.07, 6.45) is 1.46. The Morgan fingerprint density at radius 2 is 1.55 bits per heavy atom. The van der Waals surface area contributed by atoms with E-state index in [1.165, 1.54) is 18.2 Å². The number of hydrogen-bond acceptors (Lipinski definition) is 3. The third kappa shape index (κ3) is 3.59. The van der Waals surface area contributed by atoms with E-state index in [0.717, 1.165) is 38.6 Å². The number of amides is 4. The Labute approximate surface area is 186 Å². The first-order chi connectivity index (χ1) is 14.8. The third-order valence-electron chi connectivity index (χ3n) is 5.10. The van der Waals surface area contributed by atoms with Gasteiger partial charge in [-0.15, -0.1) is 0 Å². The van der Waals surface area contributed by atoms with Gasteiger partial charge in [-0.2, -0.15) is 0 Å². The van der Waals surface area contributed by atoms with E-state index in [2.05, 4.69) is 21.2 Å². The van der Waals surface area contributed by atoms with Gasteiger partial charge in [0.05, 0.1) is 5.69 Å². The number of barbiturate groups is 1. The van der Waals surface area contributed by atoms with Gasteiger partial charge >= 0.3 is 6.03 Å². The lowest BCUT2D eigenvalue weighted by atomic mass is 10.1. The number of imide groups is 2. The van der Waals surface area contributed by atoms with Gasteiger partial charge in [-0.1, -0.05) is 18.2 Å². The van der Waals surface area contributed by atoms with Crippen LogP contribution in [0.15, 0.2) is 64.6 Å². The Balaban J connectivity index is 1.81. The number of nitrogens with zero attached hydrogens (tertiary/aromatic N) is 2. The zero-order valence-corrected chi connectivity index (χ0v) is 18.2. The number of benzene rings is 2. The Bertz CT molecular complexity index is 1250. The minimum Gasteiger partial charge on any atom is -0.317 e. The first-order valence-corrected chi connectivity index (χ1v) is 10.2. The first kappa shape index (κ1) is 20.7. The molecule has 6 nitrogen and oxygen atoms in total. The molecule has 1 aromatic heterocycles. The molecule has 1 saturated heterocycles. The summed E-state index contributed by atoms with van der Waals surface area (Å²) in [5, 5.41) is 2.18. The Morgan fingerprint density at radius 1 is 0.903 bits per heavy atom. The highest BCUT2D eigenvalue weighted by atomic mass is 79.9. The Hall–Kier alpha value is -3.52. The van der Waals surface area contributed by atoms with Gasteiger partial charge in [0, 0.05) is 27.1 Å². The maximum Gasteiger partial charge on any atom is 0.335 e. The highest BCUT2D eigenvalue weighted by Crippen LogP contribution is 2.33. The SMILES string of the molecule is Cc1c(Br)c(/C=C2\C(=O)NC(=O)N(c3ccc(F)cc3)C2=O)c(C)n1-c1ccccc1. The fourth-order valence-corrected chi connectivity index (χ4v) is 4.16. The molecule has 0 unspecified atom stereocenters. The number of aromatic nitrogens is 1. The predicted molar refractivity (Wildman–Crippen MR) is 118 cm³/mol. The Morgan fingerprint density at radius 3 is 2.19 bits per heavy atom. The second-order valence-electron chi connectivity index (χ2n) is 7.00. The van der Waals surface area contributed by atoms with E-state index in [0.29, 0.717) is 5.56 Å². The lowest BCUT2D eigenvalue weighted by Gasteiger charge is -2.26. The van der Waals surface area contributed by atoms with Crippen LogP contribution in [0.3, 0.4) is 0 Å². The van der Waals surface area contributed by atoms with Crippen molar-refractivity contribution < 1.29 is 18.8 Å². The molecule has 0 radical (unpaired) electrons. The fourth-order valence-electron chi connectivity index (χ4n) is 3.58. The molecule has 4 rings (SSSR count). The maximum absolute atomic E-state index is 13.3. The Kier molecular flexibility index (Phi) is 5.32. The summed E-state index contributed by atoms with van der Waals surface area (Å²) in [5.41, 5.74) is 3.26. The molecule has 156 valence electrons. The predicted octanol–water partition coefficient (Wildman–Crippen LogP) is 4.66. The smallest absolute Gasteiger partial charge is 0.317 e. The van der Waals surface area contributed by atoms with E-state index < -0.39 is 23.7 Å². The van der Waals surface area contributed by atoms with E-state index in [1.807, 2.05) is 48.7 Å². The average Bonchev–Trinajstić information content (AvgIpc) is 2.95. The zero-order valence-electron chi connectivity index (χ0n) is 16.6. The van der Waals surface area contributed by atoms with Crippen LogP contribution >= 0.6 is 15.9 Å². The molecule has 0 spiro atoms. The molecular weight excluding hydrogens is 465 g/mol. The van der Waals surface area contributed by atoms with E-state index in [-0.39, 0.29) is 11.3 Å². The summed E-state index contributed by atoms with van der Waals surface area (Å²) < 4.78 is 16.0. The molecule has 1 aliphatic rings. The molecule has 0 saturated carbocycles. The number of anilines is 1. The van der Waals surface area contributed by atoms with Crippen LogP contribution in [0.25, 0.3) is 11.8 Å². The van der Waals surface area contributed by atoms with Crippen LogP contribution < -0.4 is 10.2 Å². The minimum atomic E-state index is -0.882. The molecule has 2 heterocycles. The molecule has 31 heavy (non-hydrogen) atoms. The summed E-state index contributed by atoms with van der Waals surface area (Å²) in [7, 11) is 0. The number of carbonyl (C=O) groups is 3. The van der Waals surface area contributed by atoms with Crippen molar-refractivity contribution in [1.82, 2.24) is 9.88 Å². The van der Waals surface area contributed by atoms with Gasteiger partial charge in [-0.25, -0.2) is 14.1 Å². The van der Waals surface area contributed by atoms with Crippen molar-refractivity contribution in [3.8, 4) is 5.69 Å². The molecule has 2 aromatic carbocycles. The van der Waals surface area contributed by atoms with Crippen LogP contribution in [-0.4, -0.2) is 22.4 Å². The molecule has 8 heteroatoms. The zero-order chi connectivity index (χ0) is 22.3. The molecule has 0 atom stereocenters. The molecule has 0 bridgehead atoms. The number of para-hydroxylation sites is 1. The van der Waals surface area contributed by atoms with Crippen LogP contribution in [0.5, 0.6) is 0 Å². The van der Waals surface area contributed by atoms with Crippen molar-refractivity contribution in [2.45, 2.75) is 13.8 Å². The maximum atomic E-state index is 13.3. The summed E-state index contributed by atoms with van der Waals surface area (Å²) in [6.45, 7) is 3.80. The second-order valence-corrected chi connectivity index (χ2v) is 7.80. The standard InChI is InChI=1S/C23H17BrFN3O3/c1-13-18(20(24)14(2)27(13)16-6-4-3-5-7-16)12-19-21(29)26-23(31)28(22(19)30)17-10-8-15(25)9-11-17/h3-12H,1-2H3,(H,26,29,31)/b19-12+. The van der Waals surface area contributed by atoms with Gasteiger partial charge in [0.1, 0.15) is 11.4 Å². The number of nitrogens with one attached hydrogen (secondary N) is 1. The fraction of sp³-hybridized carbons (Fsp3) is 0.0870. The lowest BCUT2D eigenvalue weighted by molar-refractivity contribution is -0.122. The van der Waals surface area contributed by atoms with Crippen molar-refractivity contribution in [3.63, 3.8) is 0 Å². The number of halogens is 2. The monoisotopic (exact) mass is 481 g/mol. The normalized spacial score (nSPS) is 15.5. The highest BCUT2D eigenvalue weighted by molar-refractivity contribution is 9.10. The second kappa shape index (κ2) is 7.96. The molecule has 1 aliphatic heterocycles. The summed E-state index contributed by atoms with van der Waals surface area (Å²) in [4.78, 5) is 38.7. The van der Waals surface area contributed by atoms with Gasteiger partial charge in [-0.05, 0) is 72.3 Å². The van der Waals surface area contributed by atoms with Crippen LogP contribution in [0, 0.1) is 19.7 Å².